The number of nitrogens with zero attached hydrogens (tertiary/aromatic N) is 2. The number of thioether (sulfide) groups is 1. The van der Waals surface area contributed by atoms with Crippen LogP contribution < -0.4 is 10.1 Å². The maximum absolute atomic E-state index is 13.9. The second-order valence-electron chi connectivity index (χ2n) is 6.90. The predicted molar refractivity (Wildman–Crippen MR) is 121 cm³/mol. The van der Waals surface area contributed by atoms with Crippen LogP contribution in [0.5, 0.6) is 5.75 Å². The van der Waals surface area contributed by atoms with Gasteiger partial charge in [-0.1, -0.05) is 54.2 Å². The van der Waals surface area contributed by atoms with Crippen LogP contribution in [-0.2, 0) is 11.4 Å². The molecule has 0 bridgehead atoms. The van der Waals surface area contributed by atoms with Crippen molar-refractivity contribution in [2.75, 3.05) is 5.32 Å². The van der Waals surface area contributed by atoms with Crippen molar-refractivity contribution >= 4 is 23.4 Å². The Morgan fingerprint density at radius 2 is 1.75 bits per heavy atom. The highest BCUT2D eigenvalue weighted by atomic mass is 32.2. The Bertz CT molecular complexity index is 1180. The van der Waals surface area contributed by atoms with Gasteiger partial charge >= 0.3 is 0 Å². The van der Waals surface area contributed by atoms with Crippen molar-refractivity contribution in [1.29, 1.82) is 0 Å². The number of amides is 1. The maximum Gasteiger partial charge on any atom is 0.277 e. The third-order valence-corrected chi connectivity index (χ3v) is 5.46. The number of hydrogen-bond donors (Lipinski definition) is 1. The van der Waals surface area contributed by atoms with E-state index in [2.05, 4.69) is 15.5 Å². The number of anilines is 1. The summed E-state index contributed by atoms with van der Waals surface area (Å²) < 4.78 is 25.1. The lowest BCUT2D eigenvalue weighted by Crippen LogP contribution is -2.22. The maximum atomic E-state index is 13.9. The standard InChI is InChI=1S/C24H20FN3O3S/c1-16(32-24-28-27-23(31-24)20-9-5-6-10-21(20)25)22(29)26-18-11-13-19(14-12-18)30-15-17-7-3-2-4-8-17/h2-14,16H,15H2,1H3,(H,26,29)/t16-/m0/s1. The molecule has 0 spiro atoms. The molecule has 0 radical (unpaired) electrons. The minimum absolute atomic E-state index is 0.0734. The third-order valence-electron chi connectivity index (χ3n) is 4.53. The number of aromatic nitrogens is 2. The largest absolute Gasteiger partial charge is 0.489 e. The lowest BCUT2D eigenvalue weighted by atomic mass is 10.2. The van der Waals surface area contributed by atoms with Gasteiger partial charge in [0, 0.05) is 5.69 Å². The molecule has 0 fully saturated rings. The summed E-state index contributed by atoms with van der Waals surface area (Å²) in [6.07, 6.45) is 0. The van der Waals surface area contributed by atoms with E-state index in [0.717, 1.165) is 17.3 Å². The molecule has 1 heterocycles. The highest BCUT2D eigenvalue weighted by Gasteiger charge is 2.20. The van der Waals surface area contributed by atoms with Crippen LogP contribution in [0.15, 0.2) is 88.5 Å². The van der Waals surface area contributed by atoms with Gasteiger partial charge in [-0.15, -0.1) is 10.2 Å². The molecule has 4 rings (SSSR count). The van der Waals surface area contributed by atoms with Gasteiger partial charge in [0.2, 0.25) is 5.91 Å². The van der Waals surface area contributed by atoms with E-state index in [0.29, 0.717) is 18.0 Å². The fourth-order valence-corrected chi connectivity index (χ4v) is 3.51. The lowest BCUT2D eigenvalue weighted by molar-refractivity contribution is -0.115. The highest BCUT2D eigenvalue weighted by Crippen LogP contribution is 2.28. The molecule has 0 saturated heterocycles. The first-order valence-corrected chi connectivity index (χ1v) is 10.8. The summed E-state index contributed by atoms with van der Waals surface area (Å²) in [6, 6.07) is 23.2. The van der Waals surface area contributed by atoms with Crippen LogP contribution in [0.25, 0.3) is 11.5 Å². The van der Waals surface area contributed by atoms with E-state index in [9.17, 15) is 9.18 Å². The molecular weight excluding hydrogens is 429 g/mol. The summed E-state index contributed by atoms with van der Waals surface area (Å²) in [5.74, 6) is 0.110. The van der Waals surface area contributed by atoms with Gasteiger partial charge in [0.05, 0.1) is 10.8 Å². The Morgan fingerprint density at radius 3 is 2.50 bits per heavy atom. The van der Waals surface area contributed by atoms with Gasteiger partial charge in [0.1, 0.15) is 18.2 Å². The summed E-state index contributed by atoms with van der Waals surface area (Å²) >= 11 is 1.10. The van der Waals surface area contributed by atoms with Crippen molar-refractivity contribution in [3.63, 3.8) is 0 Å². The fraction of sp³-hybridized carbons (Fsp3) is 0.125. The van der Waals surface area contributed by atoms with Gasteiger partial charge in [-0.25, -0.2) is 4.39 Å². The Morgan fingerprint density at radius 1 is 1.03 bits per heavy atom. The highest BCUT2D eigenvalue weighted by molar-refractivity contribution is 8.00. The van der Waals surface area contributed by atoms with E-state index in [1.54, 1.807) is 49.4 Å². The quantitative estimate of drug-likeness (QED) is 0.354. The van der Waals surface area contributed by atoms with Gasteiger partial charge < -0.3 is 14.5 Å². The van der Waals surface area contributed by atoms with Gasteiger partial charge in [-0.2, -0.15) is 0 Å². The van der Waals surface area contributed by atoms with E-state index in [1.165, 1.54) is 6.07 Å². The van der Waals surface area contributed by atoms with Crippen molar-refractivity contribution < 1.29 is 18.3 Å². The first kappa shape index (κ1) is 21.6. The molecule has 0 aliphatic rings. The van der Waals surface area contributed by atoms with Crippen LogP contribution in [0.3, 0.4) is 0 Å². The molecule has 1 aromatic heterocycles. The number of hydrogen-bond acceptors (Lipinski definition) is 6. The molecular formula is C24H20FN3O3S. The second-order valence-corrected chi connectivity index (χ2v) is 8.19. The Kier molecular flexibility index (Phi) is 6.81. The SMILES string of the molecule is C[C@H](Sc1nnc(-c2ccccc2F)o1)C(=O)Nc1ccc(OCc2ccccc2)cc1. The molecule has 1 atom stereocenters. The molecule has 4 aromatic rings. The zero-order valence-corrected chi connectivity index (χ0v) is 18.0. The Balaban J connectivity index is 1.30. The minimum Gasteiger partial charge on any atom is -0.489 e. The molecule has 8 heteroatoms. The molecule has 3 aromatic carbocycles. The number of nitrogens with one attached hydrogen (secondary N) is 1. The first-order valence-electron chi connectivity index (χ1n) is 9.91. The molecule has 0 aliphatic heterocycles. The van der Waals surface area contributed by atoms with Crippen LogP contribution in [0.1, 0.15) is 12.5 Å². The lowest BCUT2D eigenvalue weighted by Gasteiger charge is -2.11. The first-order chi connectivity index (χ1) is 15.6. The van der Waals surface area contributed by atoms with Crippen LogP contribution in [0.2, 0.25) is 0 Å². The fourth-order valence-electron chi connectivity index (χ4n) is 2.82. The van der Waals surface area contributed by atoms with Crippen molar-refractivity contribution in [1.82, 2.24) is 10.2 Å². The van der Waals surface area contributed by atoms with Crippen molar-refractivity contribution in [2.45, 2.75) is 24.0 Å². The number of ether oxygens (including phenoxy) is 1. The molecule has 32 heavy (non-hydrogen) atoms. The molecule has 0 unspecified atom stereocenters. The average Bonchev–Trinajstić information content (AvgIpc) is 3.27. The van der Waals surface area contributed by atoms with Gasteiger partial charge in [-0.3, -0.25) is 4.79 Å². The zero-order valence-electron chi connectivity index (χ0n) is 17.2. The van der Waals surface area contributed by atoms with E-state index < -0.39 is 11.1 Å². The average molecular weight is 450 g/mol. The number of halogens is 1. The van der Waals surface area contributed by atoms with Crippen molar-refractivity contribution in [2.24, 2.45) is 0 Å². The van der Waals surface area contributed by atoms with Crippen LogP contribution in [-0.4, -0.2) is 21.4 Å². The summed E-state index contributed by atoms with van der Waals surface area (Å²) in [6.45, 7) is 2.20. The predicted octanol–water partition coefficient (Wildman–Crippen LogP) is 5.57. The summed E-state index contributed by atoms with van der Waals surface area (Å²) in [5.41, 5.74) is 1.94. The van der Waals surface area contributed by atoms with Gasteiger partial charge in [-0.05, 0) is 48.9 Å². The Hall–Kier alpha value is -3.65. The van der Waals surface area contributed by atoms with Crippen LogP contribution in [0, 0.1) is 5.82 Å². The molecule has 0 aliphatic carbocycles. The minimum atomic E-state index is -0.502. The van der Waals surface area contributed by atoms with Gasteiger partial charge in [0.25, 0.3) is 11.1 Å². The van der Waals surface area contributed by atoms with E-state index in [-0.39, 0.29) is 22.6 Å². The third kappa shape index (κ3) is 5.53. The van der Waals surface area contributed by atoms with Crippen molar-refractivity contribution in [3.8, 4) is 17.2 Å². The summed E-state index contributed by atoms with van der Waals surface area (Å²) in [5, 5.41) is 10.3. The van der Waals surface area contributed by atoms with Crippen LogP contribution in [0.4, 0.5) is 10.1 Å². The smallest absolute Gasteiger partial charge is 0.277 e. The Labute approximate surface area is 188 Å². The molecule has 0 saturated carbocycles. The molecule has 1 amide bonds. The van der Waals surface area contributed by atoms with Crippen LogP contribution >= 0.6 is 11.8 Å². The summed E-state index contributed by atoms with van der Waals surface area (Å²) in [7, 11) is 0. The molecule has 6 nitrogen and oxygen atoms in total. The molecule has 162 valence electrons. The second kappa shape index (κ2) is 10.1. The zero-order chi connectivity index (χ0) is 22.3. The summed E-state index contributed by atoms with van der Waals surface area (Å²) in [4.78, 5) is 12.5. The van der Waals surface area contributed by atoms with E-state index in [1.807, 2.05) is 30.3 Å². The molecule has 1 N–H and O–H groups in total. The normalized spacial score (nSPS) is 11.7. The number of carbonyl (C=O) groups is 1. The van der Waals surface area contributed by atoms with E-state index >= 15 is 0 Å². The van der Waals surface area contributed by atoms with E-state index in [4.69, 9.17) is 9.15 Å². The topological polar surface area (TPSA) is 77.2 Å². The number of carbonyl (C=O) groups excluding carboxylic acids is 1. The number of rotatable bonds is 8. The van der Waals surface area contributed by atoms with Gasteiger partial charge in [0.15, 0.2) is 0 Å². The number of benzene rings is 3. The van der Waals surface area contributed by atoms with Crippen molar-refractivity contribution in [3.05, 3.63) is 90.2 Å². The monoisotopic (exact) mass is 449 g/mol.